The molecule has 2 saturated heterocycles. The minimum absolute atomic E-state index is 0.0291. The number of carboxylic acids is 1. The van der Waals surface area contributed by atoms with Gasteiger partial charge in [-0.25, -0.2) is 4.98 Å². The Labute approximate surface area is 250 Å². The molecule has 0 bridgehead atoms. The normalized spacial score (nSPS) is 21.7. The minimum Gasteiger partial charge on any atom is -0.480 e. The molecule has 0 amide bonds. The lowest BCUT2D eigenvalue weighted by atomic mass is 9.87. The topological polar surface area (TPSA) is 56.7 Å². The lowest BCUT2D eigenvalue weighted by molar-refractivity contribution is -0.144. The van der Waals surface area contributed by atoms with Crippen molar-refractivity contribution in [2.45, 2.75) is 64.1 Å². The average molecular weight is 600 g/mol. The first-order chi connectivity index (χ1) is 20.0. The summed E-state index contributed by atoms with van der Waals surface area (Å²) >= 11 is 1.54. The van der Waals surface area contributed by atoms with Crippen molar-refractivity contribution < 1.29 is 23.1 Å². The van der Waals surface area contributed by atoms with Crippen molar-refractivity contribution in [1.29, 1.82) is 0 Å². The number of hydrogen-bond donors (Lipinski definition) is 1. The van der Waals surface area contributed by atoms with Crippen LogP contribution < -0.4 is 0 Å². The van der Waals surface area contributed by atoms with E-state index in [-0.39, 0.29) is 23.8 Å². The number of benzene rings is 2. The maximum atomic E-state index is 13.4. The summed E-state index contributed by atoms with van der Waals surface area (Å²) in [7, 11) is 0. The zero-order valence-corrected chi connectivity index (χ0v) is 25.3. The van der Waals surface area contributed by atoms with Gasteiger partial charge in [0, 0.05) is 43.0 Å². The standard InChI is InChI=1S/C33H40F3N3O2S/c1-21(2)31(32(40)41)39-19-26(27(20-39)24-9-6-7-22(3)15-24)18-38-13-11-23(12-14-38)29-17-37-30(42-29)16-25-8-4-5-10-28(25)33(34,35)36/h4-10,15,17,21,23,26-27,31H,11-14,16,18-20H2,1-3H3,(H,40,41). The molecule has 42 heavy (non-hydrogen) atoms. The van der Waals surface area contributed by atoms with E-state index < -0.39 is 23.8 Å². The second-order valence-electron chi connectivity index (χ2n) is 12.3. The average Bonchev–Trinajstić information content (AvgIpc) is 3.56. The summed E-state index contributed by atoms with van der Waals surface area (Å²) in [5, 5.41) is 10.7. The van der Waals surface area contributed by atoms with E-state index in [0.29, 0.717) is 16.8 Å². The Kier molecular flexibility index (Phi) is 9.40. The Hall–Kier alpha value is -2.75. The van der Waals surface area contributed by atoms with Crippen LogP contribution in [0.4, 0.5) is 13.2 Å². The minimum atomic E-state index is -4.37. The first-order valence-corrected chi connectivity index (χ1v) is 15.7. The molecule has 0 saturated carbocycles. The fraction of sp³-hybridized carbons (Fsp3) is 0.515. The number of likely N-dealkylation sites (tertiary alicyclic amines) is 2. The number of alkyl halides is 3. The van der Waals surface area contributed by atoms with E-state index in [9.17, 15) is 23.1 Å². The van der Waals surface area contributed by atoms with Crippen LogP contribution in [0.2, 0.25) is 0 Å². The Morgan fingerprint density at radius 2 is 1.83 bits per heavy atom. The zero-order valence-electron chi connectivity index (χ0n) is 24.5. The van der Waals surface area contributed by atoms with Gasteiger partial charge in [-0.3, -0.25) is 9.69 Å². The Balaban J connectivity index is 1.23. The van der Waals surface area contributed by atoms with Crippen LogP contribution in [0, 0.1) is 18.8 Å². The van der Waals surface area contributed by atoms with E-state index in [1.54, 1.807) is 6.07 Å². The Morgan fingerprint density at radius 1 is 1.10 bits per heavy atom. The number of rotatable bonds is 9. The molecule has 3 unspecified atom stereocenters. The van der Waals surface area contributed by atoms with Gasteiger partial charge in [0.05, 0.1) is 10.6 Å². The number of aryl methyl sites for hydroxylation is 1. The van der Waals surface area contributed by atoms with Crippen LogP contribution in [-0.2, 0) is 17.4 Å². The lowest BCUT2D eigenvalue weighted by Gasteiger charge is -2.34. The van der Waals surface area contributed by atoms with E-state index in [0.717, 1.165) is 56.5 Å². The number of aromatic nitrogens is 1. The number of aliphatic carboxylic acids is 1. The summed E-state index contributed by atoms with van der Waals surface area (Å²) in [4.78, 5) is 22.5. The molecule has 1 N–H and O–H groups in total. The molecular formula is C33H40F3N3O2S. The summed E-state index contributed by atoms with van der Waals surface area (Å²) in [5.41, 5.74) is 2.18. The summed E-state index contributed by atoms with van der Waals surface area (Å²) in [5.74, 6) is 0.261. The number of piperidine rings is 1. The monoisotopic (exact) mass is 599 g/mol. The third-order valence-electron chi connectivity index (χ3n) is 8.94. The van der Waals surface area contributed by atoms with Crippen molar-refractivity contribution in [1.82, 2.24) is 14.8 Å². The smallest absolute Gasteiger partial charge is 0.416 e. The van der Waals surface area contributed by atoms with Crippen LogP contribution in [-0.4, -0.2) is 64.6 Å². The van der Waals surface area contributed by atoms with E-state index in [1.807, 2.05) is 20.0 Å². The first-order valence-electron chi connectivity index (χ1n) is 14.8. The predicted molar refractivity (Wildman–Crippen MR) is 160 cm³/mol. The van der Waals surface area contributed by atoms with E-state index in [1.165, 1.54) is 34.6 Å². The Bertz CT molecular complexity index is 1370. The van der Waals surface area contributed by atoms with Crippen LogP contribution in [0.1, 0.15) is 70.7 Å². The van der Waals surface area contributed by atoms with Gasteiger partial charge in [0.25, 0.3) is 0 Å². The molecule has 3 aromatic rings. The molecule has 2 fully saturated rings. The number of carbonyl (C=O) groups is 1. The predicted octanol–water partition coefficient (Wildman–Crippen LogP) is 7.07. The molecule has 3 atom stereocenters. The zero-order chi connectivity index (χ0) is 30.0. The van der Waals surface area contributed by atoms with Crippen molar-refractivity contribution in [3.05, 3.63) is 86.9 Å². The van der Waals surface area contributed by atoms with Crippen LogP contribution in [0.5, 0.6) is 0 Å². The van der Waals surface area contributed by atoms with Crippen LogP contribution >= 0.6 is 11.3 Å². The van der Waals surface area contributed by atoms with Crippen molar-refractivity contribution in [2.75, 3.05) is 32.7 Å². The summed E-state index contributed by atoms with van der Waals surface area (Å²) in [6, 6.07) is 13.9. The fourth-order valence-corrected chi connectivity index (χ4v) is 8.01. The second kappa shape index (κ2) is 12.9. The van der Waals surface area contributed by atoms with Gasteiger partial charge in [0.1, 0.15) is 6.04 Å². The van der Waals surface area contributed by atoms with E-state index in [2.05, 4.69) is 46.0 Å². The Morgan fingerprint density at radius 3 is 2.50 bits per heavy atom. The molecule has 226 valence electrons. The van der Waals surface area contributed by atoms with Crippen molar-refractivity contribution in [3.63, 3.8) is 0 Å². The van der Waals surface area contributed by atoms with Crippen LogP contribution in [0.15, 0.2) is 54.7 Å². The summed E-state index contributed by atoms with van der Waals surface area (Å²) < 4.78 is 40.3. The van der Waals surface area contributed by atoms with Crippen LogP contribution in [0.25, 0.3) is 0 Å². The molecule has 0 aliphatic carbocycles. The van der Waals surface area contributed by atoms with Gasteiger partial charge in [0.2, 0.25) is 0 Å². The molecule has 2 aromatic carbocycles. The highest BCUT2D eigenvalue weighted by Crippen LogP contribution is 2.39. The van der Waals surface area contributed by atoms with Gasteiger partial charge >= 0.3 is 12.1 Å². The summed E-state index contributed by atoms with van der Waals surface area (Å²) in [6.07, 6.45) is -0.365. The quantitative estimate of drug-likeness (QED) is 0.285. The van der Waals surface area contributed by atoms with Gasteiger partial charge < -0.3 is 10.0 Å². The van der Waals surface area contributed by atoms with Gasteiger partial charge in [-0.2, -0.15) is 13.2 Å². The highest BCUT2D eigenvalue weighted by Gasteiger charge is 2.41. The molecule has 5 rings (SSSR count). The maximum absolute atomic E-state index is 13.4. The number of nitrogens with zero attached hydrogens (tertiary/aromatic N) is 3. The molecule has 3 heterocycles. The highest BCUT2D eigenvalue weighted by atomic mass is 32.1. The molecule has 0 radical (unpaired) electrons. The van der Waals surface area contributed by atoms with Gasteiger partial charge in [-0.05, 0) is 67.8 Å². The second-order valence-corrected chi connectivity index (χ2v) is 13.5. The SMILES string of the molecule is Cc1cccc(C2CN(C(C(=O)O)C(C)C)CC2CN2CCC(c3cnc(Cc4ccccc4C(F)(F)F)s3)CC2)c1. The number of carboxylic acid groups (broad SMARTS) is 1. The van der Waals surface area contributed by atoms with E-state index in [4.69, 9.17) is 0 Å². The molecule has 1 aromatic heterocycles. The third-order valence-corrected chi connectivity index (χ3v) is 10.1. The third kappa shape index (κ3) is 7.06. The molecular weight excluding hydrogens is 559 g/mol. The maximum Gasteiger partial charge on any atom is 0.416 e. The molecule has 9 heteroatoms. The molecule has 5 nitrogen and oxygen atoms in total. The number of halogens is 3. The molecule has 2 aliphatic rings. The summed E-state index contributed by atoms with van der Waals surface area (Å²) in [6.45, 7) is 10.4. The lowest BCUT2D eigenvalue weighted by Crippen LogP contribution is -2.44. The van der Waals surface area contributed by atoms with Crippen LogP contribution in [0.3, 0.4) is 0 Å². The van der Waals surface area contributed by atoms with Crippen molar-refractivity contribution in [2.24, 2.45) is 11.8 Å². The van der Waals surface area contributed by atoms with Gasteiger partial charge in [-0.15, -0.1) is 11.3 Å². The molecule has 0 spiro atoms. The van der Waals surface area contributed by atoms with E-state index >= 15 is 0 Å². The number of thiazole rings is 1. The molecule has 2 aliphatic heterocycles. The first kappa shape index (κ1) is 30.7. The number of hydrogen-bond acceptors (Lipinski definition) is 5. The van der Waals surface area contributed by atoms with Gasteiger partial charge in [0.15, 0.2) is 0 Å². The van der Waals surface area contributed by atoms with Crippen molar-refractivity contribution >= 4 is 17.3 Å². The largest absolute Gasteiger partial charge is 0.480 e. The fourth-order valence-electron chi connectivity index (χ4n) is 6.90. The highest BCUT2D eigenvalue weighted by molar-refractivity contribution is 7.11. The van der Waals surface area contributed by atoms with Crippen molar-refractivity contribution in [3.8, 4) is 0 Å². The van der Waals surface area contributed by atoms with Gasteiger partial charge in [-0.1, -0.05) is 61.9 Å².